The average Bonchev–Trinajstić information content (AvgIpc) is 3.12. The molecule has 1 unspecified atom stereocenters. The molecule has 5 nitrogen and oxygen atoms in total. The minimum Gasteiger partial charge on any atom is -0.378 e. The fourth-order valence-corrected chi connectivity index (χ4v) is 2.60. The summed E-state index contributed by atoms with van der Waals surface area (Å²) in [5, 5.41) is 3.07. The lowest BCUT2D eigenvalue weighted by Gasteiger charge is -2.26. The predicted molar refractivity (Wildman–Crippen MR) is 74.6 cm³/mol. The Bertz CT molecular complexity index is 654. The van der Waals surface area contributed by atoms with E-state index in [1.807, 2.05) is 0 Å². The molecule has 0 bridgehead atoms. The highest BCUT2D eigenvalue weighted by atomic mass is 35.5. The van der Waals surface area contributed by atoms with Gasteiger partial charge in [-0.25, -0.2) is 9.37 Å². The fraction of sp³-hybridized carbons (Fsp3) is 0.286. The number of halogens is 2. The third-order valence-corrected chi connectivity index (χ3v) is 3.83. The molecule has 1 atom stereocenters. The van der Waals surface area contributed by atoms with Gasteiger partial charge in [-0.15, -0.1) is 0 Å². The van der Waals surface area contributed by atoms with Crippen LogP contribution in [0.3, 0.4) is 0 Å². The van der Waals surface area contributed by atoms with Crippen molar-refractivity contribution in [2.75, 3.05) is 13.2 Å². The Kier molecular flexibility index (Phi) is 3.65. The van der Waals surface area contributed by atoms with Gasteiger partial charge in [0.05, 0.1) is 17.2 Å². The van der Waals surface area contributed by atoms with Crippen molar-refractivity contribution in [3.63, 3.8) is 0 Å². The van der Waals surface area contributed by atoms with Crippen LogP contribution in [0.25, 0.3) is 0 Å². The molecular formula is C14H13ClFN3O2. The molecule has 1 aliphatic heterocycles. The van der Waals surface area contributed by atoms with Crippen LogP contribution in [0.1, 0.15) is 22.6 Å². The Morgan fingerprint density at radius 3 is 3.05 bits per heavy atom. The number of hydrogen-bond donors (Lipinski definition) is 2. The Morgan fingerprint density at radius 2 is 2.38 bits per heavy atom. The molecular weight excluding hydrogens is 297 g/mol. The molecule has 2 N–H and O–H groups in total. The zero-order valence-electron chi connectivity index (χ0n) is 11.0. The molecule has 7 heteroatoms. The topological polar surface area (TPSA) is 67.0 Å². The van der Waals surface area contributed by atoms with E-state index in [-0.39, 0.29) is 10.6 Å². The minimum absolute atomic E-state index is 0.0921. The molecule has 1 aromatic heterocycles. The second kappa shape index (κ2) is 5.46. The number of nitrogens with zero attached hydrogens (tertiary/aromatic N) is 1. The fourth-order valence-electron chi connectivity index (χ4n) is 2.39. The van der Waals surface area contributed by atoms with E-state index in [9.17, 15) is 9.18 Å². The van der Waals surface area contributed by atoms with Gasteiger partial charge in [0.2, 0.25) is 0 Å². The Labute approximate surface area is 125 Å². The molecule has 0 aliphatic carbocycles. The number of aromatic nitrogens is 2. The number of rotatable bonds is 3. The van der Waals surface area contributed by atoms with Gasteiger partial charge in [-0.1, -0.05) is 11.6 Å². The lowest BCUT2D eigenvalue weighted by Crippen LogP contribution is -2.47. The predicted octanol–water partition coefficient (Wildman–Crippen LogP) is 2.25. The van der Waals surface area contributed by atoms with E-state index >= 15 is 0 Å². The van der Waals surface area contributed by atoms with Crippen LogP contribution < -0.4 is 5.32 Å². The Balaban J connectivity index is 1.90. The van der Waals surface area contributed by atoms with Gasteiger partial charge in [-0.3, -0.25) is 4.79 Å². The van der Waals surface area contributed by atoms with E-state index in [4.69, 9.17) is 16.3 Å². The molecule has 0 radical (unpaired) electrons. The average molecular weight is 310 g/mol. The largest absolute Gasteiger partial charge is 0.378 e. The van der Waals surface area contributed by atoms with Crippen LogP contribution in [-0.4, -0.2) is 29.1 Å². The smallest absolute Gasteiger partial charge is 0.253 e. The van der Waals surface area contributed by atoms with E-state index in [0.717, 1.165) is 6.07 Å². The minimum atomic E-state index is -0.740. The standard InChI is InChI=1S/C14H13ClFN3O2/c15-11-2-1-9(16)7-10(11)12(20)19-14(3-6-21-8-14)13-17-4-5-18-13/h1-2,4-5,7H,3,6,8H2,(H,17,18)(H,19,20). The van der Waals surface area contributed by atoms with E-state index in [0.29, 0.717) is 25.5 Å². The Hall–Kier alpha value is -1.92. The van der Waals surface area contributed by atoms with Crippen LogP contribution in [0.4, 0.5) is 4.39 Å². The lowest BCUT2D eigenvalue weighted by atomic mass is 9.97. The molecule has 1 aromatic carbocycles. The number of hydrogen-bond acceptors (Lipinski definition) is 3. The van der Waals surface area contributed by atoms with Crippen molar-refractivity contribution in [3.8, 4) is 0 Å². The zero-order valence-corrected chi connectivity index (χ0v) is 11.8. The SMILES string of the molecule is O=C(NC1(c2ncc[nH]2)CCOC1)c1cc(F)ccc1Cl. The van der Waals surface area contributed by atoms with Crippen LogP contribution in [0, 0.1) is 5.82 Å². The number of ether oxygens (including phenoxy) is 1. The number of carbonyl (C=O) groups excluding carboxylic acids is 1. The summed E-state index contributed by atoms with van der Waals surface area (Å²) in [6.07, 6.45) is 3.87. The van der Waals surface area contributed by atoms with Crippen LogP contribution >= 0.6 is 11.6 Å². The molecule has 1 amide bonds. The second-order valence-corrected chi connectivity index (χ2v) is 5.31. The van der Waals surface area contributed by atoms with Gasteiger partial charge in [-0.2, -0.15) is 0 Å². The van der Waals surface area contributed by atoms with Crippen LogP contribution in [-0.2, 0) is 10.3 Å². The molecule has 0 saturated carbocycles. The second-order valence-electron chi connectivity index (χ2n) is 4.90. The summed E-state index contributed by atoms with van der Waals surface area (Å²) in [6, 6.07) is 3.68. The summed E-state index contributed by atoms with van der Waals surface area (Å²) in [4.78, 5) is 19.6. The lowest BCUT2D eigenvalue weighted by molar-refractivity contribution is 0.0869. The number of aromatic amines is 1. The van der Waals surface area contributed by atoms with Crippen molar-refractivity contribution in [3.05, 3.63) is 52.8 Å². The molecule has 2 heterocycles. The summed E-state index contributed by atoms with van der Waals surface area (Å²) in [5.41, 5.74) is -0.648. The summed E-state index contributed by atoms with van der Waals surface area (Å²) in [5.74, 6) is -0.360. The van der Waals surface area contributed by atoms with Crippen molar-refractivity contribution in [2.45, 2.75) is 12.0 Å². The molecule has 21 heavy (non-hydrogen) atoms. The highest BCUT2D eigenvalue weighted by Crippen LogP contribution is 2.29. The molecule has 1 fully saturated rings. The maximum absolute atomic E-state index is 13.3. The first-order valence-corrected chi connectivity index (χ1v) is 6.84. The quantitative estimate of drug-likeness (QED) is 0.914. The third-order valence-electron chi connectivity index (χ3n) is 3.50. The van der Waals surface area contributed by atoms with Crippen LogP contribution in [0.5, 0.6) is 0 Å². The molecule has 110 valence electrons. The van der Waals surface area contributed by atoms with Crippen molar-refractivity contribution in [2.24, 2.45) is 0 Å². The summed E-state index contributed by atoms with van der Waals surface area (Å²) in [7, 11) is 0. The molecule has 3 rings (SSSR count). The van der Waals surface area contributed by atoms with Crippen LogP contribution in [0.2, 0.25) is 5.02 Å². The van der Waals surface area contributed by atoms with E-state index in [1.165, 1.54) is 12.1 Å². The molecule has 1 saturated heterocycles. The number of carbonyl (C=O) groups is 1. The maximum atomic E-state index is 13.3. The number of nitrogens with one attached hydrogen (secondary N) is 2. The normalized spacial score (nSPS) is 21.4. The number of imidazole rings is 1. The third kappa shape index (κ3) is 2.64. The van der Waals surface area contributed by atoms with Gasteiger partial charge in [-0.05, 0) is 18.2 Å². The van der Waals surface area contributed by atoms with E-state index in [2.05, 4.69) is 15.3 Å². The first kappa shape index (κ1) is 14.0. The number of benzene rings is 1. The first-order chi connectivity index (χ1) is 10.1. The number of H-pyrrole nitrogens is 1. The van der Waals surface area contributed by atoms with Gasteiger partial charge in [0.1, 0.15) is 17.2 Å². The highest BCUT2D eigenvalue weighted by Gasteiger charge is 2.41. The van der Waals surface area contributed by atoms with Crippen molar-refractivity contribution >= 4 is 17.5 Å². The van der Waals surface area contributed by atoms with E-state index < -0.39 is 17.3 Å². The zero-order chi connectivity index (χ0) is 14.9. The van der Waals surface area contributed by atoms with E-state index in [1.54, 1.807) is 12.4 Å². The monoisotopic (exact) mass is 309 g/mol. The first-order valence-electron chi connectivity index (χ1n) is 6.46. The number of amides is 1. The summed E-state index contributed by atoms with van der Waals surface area (Å²) < 4.78 is 18.7. The molecule has 0 spiro atoms. The van der Waals surface area contributed by atoms with Crippen molar-refractivity contribution in [1.29, 1.82) is 0 Å². The van der Waals surface area contributed by atoms with Gasteiger partial charge < -0.3 is 15.0 Å². The summed E-state index contributed by atoms with van der Waals surface area (Å²) in [6.45, 7) is 0.817. The van der Waals surface area contributed by atoms with Gasteiger partial charge in [0.15, 0.2) is 0 Å². The van der Waals surface area contributed by atoms with Crippen molar-refractivity contribution < 1.29 is 13.9 Å². The van der Waals surface area contributed by atoms with Crippen molar-refractivity contribution in [1.82, 2.24) is 15.3 Å². The Morgan fingerprint density at radius 1 is 1.52 bits per heavy atom. The summed E-state index contributed by atoms with van der Waals surface area (Å²) >= 11 is 5.96. The molecule has 1 aliphatic rings. The van der Waals surface area contributed by atoms with Gasteiger partial charge >= 0.3 is 0 Å². The maximum Gasteiger partial charge on any atom is 0.253 e. The molecule has 2 aromatic rings. The highest BCUT2D eigenvalue weighted by molar-refractivity contribution is 6.33. The van der Waals surface area contributed by atoms with Crippen LogP contribution in [0.15, 0.2) is 30.6 Å². The van der Waals surface area contributed by atoms with Gasteiger partial charge in [0, 0.05) is 25.4 Å². The van der Waals surface area contributed by atoms with Gasteiger partial charge in [0.25, 0.3) is 5.91 Å².